The number of hydrogen-bond acceptors (Lipinski definition) is 4. The van der Waals surface area contributed by atoms with Crippen molar-refractivity contribution in [3.8, 4) is 11.4 Å². The van der Waals surface area contributed by atoms with Crippen molar-refractivity contribution in [2.45, 2.75) is 13.5 Å². The third-order valence-electron chi connectivity index (χ3n) is 3.67. The number of nitrogens with zero attached hydrogens (tertiary/aromatic N) is 2. The van der Waals surface area contributed by atoms with Gasteiger partial charge in [-0.15, -0.1) is 0 Å². The van der Waals surface area contributed by atoms with Crippen LogP contribution < -0.4 is 10.6 Å². The molecule has 1 aromatic carbocycles. The average Bonchev–Trinajstić information content (AvgIpc) is 2.67. The maximum atomic E-state index is 12.2. The number of nitrogens with one attached hydrogen (secondary N) is 2. The fourth-order valence-electron chi connectivity index (χ4n) is 2.39. The molecule has 2 heterocycles. The average molecular weight is 346 g/mol. The van der Waals surface area contributed by atoms with Crippen molar-refractivity contribution in [2.24, 2.45) is 0 Å². The van der Waals surface area contributed by atoms with Crippen LogP contribution in [0.15, 0.2) is 67.0 Å². The highest BCUT2D eigenvalue weighted by Crippen LogP contribution is 2.14. The molecular weight excluding hydrogens is 328 g/mol. The number of anilines is 1. The first kappa shape index (κ1) is 17.3. The summed E-state index contributed by atoms with van der Waals surface area (Å²) < 4.78 is 0. The predicted octanol–water partition coefficient (Wildman–Crippen LogP) is 3.03. The Hall–Kier alpha value is -3.54. The molecule has 0 atom stereocenters. The summed E-state index contributed by atoms with van der Waals surface area (Å²) >= 11 is 0. The minimum atomic E-state index is -0.187. The Balaban J connectivity index is 1.58. The van der Waals surface area contributed by atoms with Gasteiger partial charge >= 0.3 is 0 Å². The molecule has 0 saturated heterocycles. The SMILES string of the molecule is CC(=O)Nc1ccc(C(=O)NCc2ccc(-c3ccccn3)nc2)cc1. The first-order valence-electron chi connectivity index (χ1n) is 8.14. The molecule has 0 aliphatic heterocycles. The van der Waals surface area contributed by atoms with Crippen molar-refractivity contribution in [3.63, 3.8) is 0 Å². The van der Waals surface area contributed by atoms with Crippen LogP contribution in [0.1, 0.15) is 22.8 Å². The number of rotatable bonds is 5. The smallest absolute Gasteiger partial charge is 0.251 e. The monoisotopic (exact) mass is 346 g/mol. The van der Waals surface area contributed by atoms with E-state index in [1.807, 2.05) is 30.3 Å². The van der Waals surface area contributed by atoms with Gasteiger partial charge in [0.2, 0.25) is 5.91 Å². The van der Waals surface area contributed by atoms with Gasteiger partial charge in [-0.1, -0.05) is 12.1 Å². The van der Waals surface area contributed by atoms with Crippen LogP contribution in [0.2, 0.25) is 0 Å². The van der Waals surface area contributed by atoms with E-state index in [9.17, 15) is 9.59 Å². The van der Waals surface area contributed by atoms with Gasteiger partial charge in [0, 0.05) is 37.1 Å². The Morgan fingerprint density at radius 1 is 0.923 bits per heavy atom. The molecule has 0 unspecified atom stereocenters. The topological polar surface area (TPSA) is 84.0 Å². The largest absolute Gasteiger partial charge is 0.348 e. The maximum absolute atomic E-state index is 12.2. The van der Waals surface area contributed by atoms with Crippen LogP contribution >= 0.6 is 0 Å². The summed E-state index contributed by atoms with van der Waals surface area (Å²) in [4.78, 5) is 31.9. The zero-order chi connectivity index (χ0) is 18.4. The summed E-state index contributed by atoms with van der Waals surface area (Å²) in [7, 11) is 0. The Kier molecular flexibility index (Phi) is 5.34. The molecule has 26 heavy (non-hydrogen) atoms. The molecule has 0 aliphatic rings. The fourth-order valence-corrected chi connectivity index (χ4v) is 2.39. The van der Waals surface area contributed by atoms with E-state index in [0.29, 0.717) is 17.8 Å². The molecule has 3 rings (SSSR count). The van der Waals surface area contributed by atoms with Crippen LogP contribution in [0, 0.1) is 0 Å². The van der Waals surface area contributed by atoms with Gasteiger partial charge in [-0.05, 0) is 48.0 Å². The lowest BCUT2D eigenvalue weighted by Gasteiger charge is -2.07. The second kappa shape index (κ2) is 8.02. The summed E-state index contributed by atoms with van der Waals surface area (Å²) in [6, 6.07) is 16.2. The number of amides is 2. The molecule has 0 aliphatic carbocycles. The fraction of sp³-hybridized carbons (Fsp3) is 0.100. The molecule has 6 nitrogen and oxygen atoms in total. The molecule has 0 saturated carbocycles. The zero-order valence-electron chi connectivity index (χ0n) is 14.3. The van der Waals surface area contributed by atoms with E-state index in [-0.39, 0.29) is 11.8 Å². The number of hydrogen-bond donors (Lipinski definition) is 2. The second-order valence-electron chi connectivity index (χ2n) is 5.71. The summed E-state index contributed by atoms with van der Waals surface area (Å²) in [6.07, 6.45) is 3.45. The molecule has 2 amide bonds. The summed E-state index contributed by atoms with van der Waals surface area (Å²) in [5, 5.41) is 5.52. The van der Waals surface area contributed by atoms with E-state index in [1.54, 1.807) is 36.7 Å². The van der Waals surface area contributed by atoms with Crippen LogP contribution in [-0.4, -0.2) is 21.8 Å². The standard InChI is InChI=1S/C20H18N4O2/c1-14(25)24-17-8-6-16(7-9-17)20(26)23-13-15-5-10-19(22-12-15)18-4-2-3-11-21-18/h2-12H,13H2,1H3,(H,23,26)(H,24,25). The number of aromatic nitrogens is 2. The van der Waals surface area contributed by atoms with Gasteiger partial charge in [0.1, 0.15) is 0 Å². The molecular formula is C20H18N4O2. The van der Waals surface area contributed by atoms with E-state index in [2.05, 4.69) is 20.6 Å². The van der Waals surface area contributed by atoms with E-state index in [4.69, 9.17) is 0 Å². The van der Waals surface area contributed by atoms with E-state index >= 15 is 0 Å². The van der Waals surface area contributed by atoms with Crippen molar-refractivity contribution in [3.05, 3.63) is 78.1 Å². The van der Waals surface area contributed by atoms with Crippen molar-refractivity contribution in [2.75, 3.05) is 5.32 Å². The van der Waals surface area contributed by atoms with Gasteiger partial charge < -0.3 is 10.6 Å². The first-order valence-corrected chi connectivity index (χ1v) is 8.14. The Labute approximate surface area is 151 Å². The molecule has 0 bridgehead atoms. The van der Waals surface area contributed by atoms with Crippen LogP contribution in [0.25, 0.3) is 11.4 Å². The van der Waals surface area contributed by atoms with Gasteiger partial charge in [0.25, 0.3) is 5.91 Å². The Bertz CT molecular complexity index is 891. The second-order valence-corrected chi connectivity index (χ2v) is 5.71. The first-order chi connectivity index (χ1) is 12.6. The summed E-state index contributed by atoms with van der Waals surface area (Å²) in [5.74, 6) is -0.336. The minimum absolute atomic E-state index is 0.149. The van der Waals surface area contributed by atoms with Crippen LogP contribution in [0.3, 0.4) is 0 Å². The van der Waals surface area contributed by atoms with Crippen molar-refractivity contribution in [1.29, 1.82) is 0 Å². The van der Waals surface area contributed by atoms with Gasteiger partial charge in [-0.2, -0.15) is 0 Å². The number of carbonyl (C=O) groups excluding carboxylic acids is 2. The molecule has 2 aromatic heterocycles. The lowest BCUT2D eigenvalue weighted by molar-refractivity contribution is -0.114. The Morgan fingerprint density at radius 2 is 1.69 bits per heavy atom. The van der Waals surface area contributed by atoms with E-state index in [1.165, 1.54) is 6.92 Å². The number of carbonyl (C=O) groups is 2. The maximum Gasteiger partial charge on any atom is 0.251 e. The van der Waals surface area contributed by atoms with Crippen LogP contribution in [0.4, 0.5) is 5.69 Å². The lowest BCUT2D eigenvalue weighted by Crippen LogP contribution is -2.22. The molecule has 2 N–H and O–H groups in total. The van der Waals surface area contributed by atoms with Crippen molar-refractivity contribution in [1.82, 2.24) is 15.3 Å². The lowest BCUT2D eigenvalue weighted by atomic mass is 10.1. The summed E-state index contributed by atoms with van der Waals surface area (Å²) in [5.41, 5.74) is 3.67. The summed E-state index contributed by atoms with van der Waals surface area (Å²) in [6.45, 7) is 1.82. The number of pyridine rings is 2. The van der Waals surface area contributed by atoms with Crippen molar-refractivity contribution < 1.29 is 9.59 Å². The molecule has 0 spiro atoms. The zero-order valence-corrected chi connectivity index (χ0v) is 14.3. The third-order valence-corrected chi connectivity index (χ3v) is 3.67. The van der Waals surface area contributed by atoms with Crippen LogP contribution in [0.5, 0.6) is 0 Å². The molecule has 130 valence electrons. The van der Waals surface area contributed by atoms with Gasteiger partial charge in [-0.25, -0.2) is 0 Å². The molecule has 6 heteroatoms. The highest BCUT2D eigenvalue weighted by Gasteiger charge is 2.06. The predicted molar refractivity (Wildman–Crippen MR) is 99.4 cm³/mol. The highest BCUT2D eigenvalue weighted by atomic mass is 16.2. The highest BCUT2D eigenvalue weighted by molar-refractivity contribution is 5.95. The Morgan fingerprint density at radius 3 is 2.31 bits per heavy atom. The molecule has 3 aromatic rings. The number of benzene rings is 1. The van der Waals surface area contributed by atoms with E-state index < -0.39 is 0 Å². The van der Waals surface area contributed by atoms with Gasteiger partial charge in [0.15, 0.2) is 0 Å². The van der Waals surface area contributed by atoms with Gasteiger partial charge in [0.05, 0.1) is 11.4 Å². The third kappa shape index (κ3) is 4.51. The molecule has 0 radical (unpaired) electrons. The quantitative estimate of drug-likeness (QED) is 0.744. The van der Waals surface area contributed by atoms with Crippen LogP contribution in [-0.2, 0) is 11.3 Å². The van der Waals surface area contributed by atoms with E-state index in [0.717, 1.165) is 17.0 Å². The molecule has 0 fully saturated rings. The van der Waals surface area contributed by atoms with Gasteiger partial charge in [-0.3, -0.25) is 19.6 Å². The normalized spacial score (nSPS) is 10.2. The minimum Gasteiger partial charge on any atom is -0.348 e. The van der Waals surface area contributed by atoms with Crippen molar-refractivity contribution >= 4 is 17.5 Å².